The van der Waals surface area contributed by atoms with Gasteiger partial charge in [0.2, 0.25) is 0 Å². The van der Waals surface area contributed by atoms with Gasteiger partial charge in [0.15, 0.2) is 0 Å². The average molecular weight is 179 g/mol. The Bertz CT molecular complexity index is 213. The molecule has 0 aliphatic carbocycles. The number of nitrogens with zero attached hydrogens (tertiary/aromatic N) is 1. The molecular weight excluding hydrogens is 174 g/mol. The van der Waals surface area contributed by atoms with E-state index in [-0.39, 0.29) is 0 Å². The molecule has 0 bridgehead atoms. The summed E-state index contributed by atoms with van der Waals surface area (Å²) in [5.41, 5.74) is 0. The first-order valence-electron chi connectivity index (χ1n) is 2.56. The SMILES string of the molecule is O=[N+]([O-])/C=C1/SCCS1=O. The van der Waals surface area contributed by atoms with E-state index in [4.69, 9.17) is 0 Å². The predicted molar refractivity (Wildman–Crippen MR) is 40.5 cm³/mol. The Labute approximate surface area is 64.3 Å². The van der Waals surface area contributed by atoms with Crippen LogP contribution in [-0.2, 0) is 10.8 Å². The first-order chi connectivity index (χ1) is 4.70. The molecule has 0 radical (unpaired) electrons. The Morgan fingerprint density at radius 2 is 2.50 bits per heavy atom. The van der Waals surface area contributed by atoms with Gasteiger partial charge in [0.05, 0.1) is 15.7 Å². The van der Waals surface area contributed by atoms with Gasteiger partial charge in [-0.25, -0.2) is 0 Å². The molecule has 0 aromatic rings. The van der Waals surface area contributed by atoms with Gasteiger partial charge in [0.1, 0.15) is 4.24 Å². The van der Waals surface area contributed by atoms with Gasteiger partial charge in [0, 0.05) is 11.5 Å². The molecule has 1 fully saturated rings. The van der Waals surface area contributed by atoms with E-state index >= 15 is 0 Å². The molecule has 1 heterocycles. The highest BCUT2D eigenvalue weighted by molar-refractivity contribution is 8.19. The Hall–Kier alpha value is -0.360. The van der Waals surface area contributed by atoms with Gasteiger partial charge in [-0.2, -0.15) is 0 Å². The molecule has 0 N–H and O–H groups in total. The Morgan fingerprint density at radius 3 is 2.90 bits per heavy atom. The fraction of sp³-hybridized carbons (Fsp3) is 0.500. The molecule has 0 aromatic heterocycles. The molecule has 0 spiro atoms. The van der Waals surface area contributed by atoms with E-state index in [0.29, 0.717) is 9.99 Å². The summed E-state index contributed by atoms with van der Waals surface area (Å²) < 4.78 is 11.2. The molecule has 1 atom stereocenters. The summed E-state index contributed by atoms with van der Waals surface area (Å²) in [5, 5.41) is 9.88. The van der Waals surface area contributed by atoms with E-state index in [0.717, 1.165) is 12.0 Å². The smallest absolute Gasteiger partial charge is 0.256 e. The minimum atomic E-state index is -1.10. The maximum atomic E-state index is 10.8. The molecular formula is C4H5NO3S2. The molecule has 1 saturated heterocycles. The summed E-state index contributed by atoms with van der Waals surface area (Å²) in [6.07, 6.45) is 0.827. The fourth-order valence-corrected chi connectivity index (χ4v) is 3.30. The van der Waals surface area contributed by atoms with Crippen molar-refractivity contribution in [3.05, 3.63) is 20.6 Å². The van der Waals surface area contributed by atoms with Crippen LogP contribution in [-0.4, -0.2) is 20.6 Å². The van der Waals surface area contributed by atoms with Gasteiger partial charge < -0.3 is 0 Å². The molecule has 10 heavy (non-hydrogen) atoms. The van der Waals surface area contributed by atoms with Crippen molar-refractivity contribution >= 4 is 22.6 Å². The van der Waals surface area contributed by atoms with Crippen LogP contribution >= 0.6 is 11.8 Å². The van der Waals surface area contributed by atoms with Gasteiger partial charge in [-0.15, -0.1) is 11.8 Å². The lowest BCUT2D eigenvalue weighted by atomic mass is 11.0. The molecule has 0 amide bonds. The molecule has 0 aromatic carbocycles. The maximum Gasteiger partial charge on any atom is 0.256 e. The van der Waals surface area contributed by atoms with Crippen molar-refractivity contribution in [2.75, 3.05) is 11.5 Å². The van der Waals surface area contributed by atoms with E-state index in [1.165, 1.54) is 11.8 Å². The topological polar surface area (TPSA) is 60.2 Å². The Kier molecular flexibility index (Phi) is 2.44. The highest BCUT2D eigenvalue weighted by atomic mass is 32.2. The van der Waals surface area contributed by atoms with E-state index in [1.807, 2.05) is 0 Å². The minimum absolute atomic E-state index is 0.394. The van der Waals surface area contributed by atoms with Crippen LogP contribution in [0.5, 0.6) is 0 Å². The number of hydrogen-bond acceptors (Lipinski definition) is 4. The van der Waals surface area contributed by atoms with Crippen LogP contribution < -0.4 is 0 Å². The normalized spacial score (nSPS) is 29.2. The van der Waals surface area contributed by atoms with E-state index in [9.17, 15) is 14.3 Å². The standard InChI is InChI=1S/C4H5NO3S2/c6-5(7)3-4-9-1-2-10(4)8/h3H,1-2H2/b4-3-. The first kappa shape index (κ1) is 7.74. The van der Waals surface area contributed by atoms with E-state index in [2.05, 4.69) is 0 Å². The molecule has 6 heteroatoms. The van der Waals surface area contributed by atoms with Crippen LogP contribution in [0.3, 0.4) is 0 Å². The number of rotatable bonds is 1. The summed E-state index contributed by atoms with van der Waals surface area (Å²) in [6, 6.07) is 0. The van der Waals surface area contributed by atoms with Crippen LogP contribution in [0.4, 0.5) is 0 Å². The molecule has 1 aliphatic rings. The highest BCUT2D eigenvalue weighted by Crippen LogP contribution is 2.26. The summed E-state index contributed by atoms with van der Waals surface area (Å²) >= 11 is 1.30. The third-order valence-corrected chi connectivity index (χ3v) is 4.05. The molecule has 1 aliphatic heterocycles. The largest absolute Gasteiger partial charge is 0.259 e. The van der Waals surface area contributed by atoms with Gasteiger partial charge >= 0.3 is 0 Å². The second-order valence-electron chi connectivity index (χ2n) is 1.63. The number of thioether (sulfide) groups is 1. The minimum Gasteiger partial charge on any atom is -0.259 e. The Morgan fingerprint density at radius 1 is 1.80 bits per heavy atom. The van der Waals surface area contributed by atoms with E-state index < -0.39 is 15.7 Å². The fourth-order valence-electron chi connectivity index (χ4n) is 0.566. The van der Waals surface area contributed by atoms with Gasteiger partial charge in [-0.1, -0.05) is 0 Å². The molecule has 0 saturated carbocycles. The van der Waals surface area contributed by atoms with Crippen LogP contribution in [0.2, 0.25) is 0 Å². The van der Waals surface area contributed by atoms with Crippen LogP contribution in [0.15, 0.2) is 10.4 Å². The average Bonchev–Trinajstić information content (AvgIpc) is 2.15. The van der Waals surface area contributed by atoms with Crippen molar-refractivity contribution in [3.8, 4) is 0 Å². The molecule has 4 nitrogen and oxygen atoms in total. The summed E-state index contributed by atoms with van der Waals surface area (Å²) in [4.78, 5) is 9.32. The highest BCUT2D eigenvalue weighted by Gasteiger charge is 2.19. The lowest BCUT2D eigenvalue weighted by Crippen LogP contribution is -1.91. The third kappa shape index (κ3) is 1.81. The number of hydrogen-bond donors (Lipinski definition) is 0. The van der Waals surface area contributed by atoms with Gasteiger partial charge in [-0.05, 0) is 0 Å². The van der Waals surface area contributed by atoms with E-state index in [1.54, 1.807) is 0 Å². The molecule has 56 valence electrons. The molecule has 1 unspecified atom stereocenters. The lowest BCUT2D eigenvalue weighted by Gasteiger charge is -1.85. The predicted octanol–water partition coefficient (Wildman–Crippen LogP) is 0.557. The lowest BCUT2D eigenvalue weighted by molar-refractivity contribution is -0.402. The third-order valence-electron chi connectivity index (χ3n) is 0.948. The molecule has 1 rings (SSSR count). The second kappa shape index (κ2) is 3.16. The van der Waals surface area contributed by atoms with Crippen molar-refractivity contribution in [1.29, 1.82) is 0 Å². The van der Waals surface area contributed by atoms with Gasteiger partial charge in [0.25, 0.3) is 6.20 Å². The van der Waals surface area contributed by atoms with Crippen molar-refractivity contribution in [2.45, 2.75) is 0 Å². The summed E-state index contributed by atoms with van der Waals surface area (Å²) in [6.45, 7) is 0. The maximum absolute atomic E-state index is 10.8. The Balaban J connectivity index is 2.72. The quantitative estimate of drug-likeness (QED) is 0.436. The zero-order chi connectivity index (χ0) is 7.56. The number of nitro groups is 1. The zero-order valence-electron chi connectivity index (χ0n) is 4.98. The van der Waals surface area contributed by atoms with Gasteiger partial charge in [-0.3, -0.25) is 14.3 Å². The first-order valence-corrected chi connectivity index (χ1v) is 4.87. The second-order valence-corrected chi connectivity index (χ2v) is 4.57. The zero-order valence-corrected chi connectivity index (χ0v) is 6.61. The van der Waals surface area contributed by atoms with Crippen molar-refractivity contribution in [2.24, 2.45) is 0 Å². The van der Waals surface area contributed by atoms with Crippen molar-refractivity contribution in [3.63, 3.8) is 0 Å². The van der Waals surface area contributed by atoms with Crippen molar-refractivity contribution in [1.82, 2.24) is 0 Å². The van der Waals surface area contributed by atoms with Crippen molar-refractivity contribution < 1.29 is 9.13 Å². The summed E-state index contributed by atoms with van der Waals surface area (Å²) in [5.74, 6) is 1.27. The monoisotopic (exact) mass is 179 g/mol. The van der Waals surface area contributed by atoms with Crippen LogP contribution in [0, 0.1) is 10.1 Å². The van der Waals surface area contributed by atoms with Crippen LogP contribution in [0.25, 0.3) is 0 Å². The van der Waals surface area contributed by atoms with Crippen LogP contribution in [0.1, 0.15) is 0 Å². The summed E-state index contributed by atoms with van der Waals surface area (Å²) in [7, 11) is -1.10.